The first kappa shape index (κ1) is 21.0. The lowest BCUT2D eigenvalue weighted by atomic mass is 10.1. The van der Waals surface area contributed by atoms with Gasteiger partial charge >= 0.3 is 0 Å². The van der Waals surface area contributed by atoms with Crippen molar-refractivity contribution in [2.75, 3.05) is 5.32 Å². The van der Waals surface area contributed by atoms with Crippen LogP contribution in [0.2, 0.25) is 9.36 Å². The Labute approximate surface area is 182 Å². The number of amides is 2. The summed E-state index contributed by atoms with van der Waals surface area (Å²) in [6.07, 6.45) is 0.262. The summed E-state index contributed by atoms with van der Waals surface area (Å²) in [7, 11) is 0. The number of carbonyl (C=O) groups is 2. The van der Waals surface area contributed by atoms with Gasteiger partial charge in [0.1, 0.15) is 0 Å². The predicted molar refractivity (Wildman–Crippen MR) is 119 cm³/mol. The molecule has 0 bridgehead atoms. The van der Waals surface area contributed by atoms with Crippen LogP contribution in [-0.4, -0.2) is 17.5 Å². The van der Waals surface area contributed by atoms with Gasteiger partial charge in [-0.25, -0.2) is 5.43 Å². The highest BCUT2D eigenvalue weighted by atomic mass is 35.5. The molecule has 0 fully saturated rings. The van der Waals surface area contributed by atoms with Gasteiger partial charge in [0.15, 0.2) is 0 Å². The van der Waals surface area contributed by atoms with Crippen LogP contribution in [0.25, 0.3) is 0 Å². The van der Waals surface area contributed by atoms with Gasteiger partial charge in [-0.2, -0.15) is 5.10 Å². The first-order valence-corrected chi connectivity index (χ1v) is 10.2. The molecule has 148 valence electrons. The fourth-order valence-electron chi connectivity index (χ4n) is 2.48. The highest BCUT2D eigenvalue weighted by Crippen LogP contribution is 2.21. The molecular weight excluding hydrogens is 429 g/mol. The molecule has 0 aliphatic rings. The average molecular weight is 446 g/mol. The van der Waals surface area contributed by atoms with Crippen LogP contribution in [0.1, 0.15) is 27.7 Å². The molecule has 3 aromatic rings. The summed E-state index contributed by atoms with van der Waals surface area (Å²) in [5.74, 6) is -0.431. The zero-order valence-corrected chi connectivity index (χ0v) is 17.7. The SMILES string of the molecule is CC(=NNC(=O)c1ccc(Cl)s1)c1ccc(NC(=O)Cc2ccc(Cl)cc2)cc1. The van der Waals surface area contributed by atoms with Crippen LogP contribution in [0, 0.1) is 0 Å². The van der Waals surface area contributed by atoms with E-state index in [-0.39, 0.29) is 18.2 Å². The van der Waals surface area contributed by atoms with Crippen molar-refractivity contribution in [1.82, 2.24) is 5.43 Å². The lowest BCUT2D eigenvalue weighted by Crippen LogP contribution is -2.18. The van der Waals surface area contributed by atoms with Gasteiger partial charge in [0.05, 0.1) is 21.3 Å². The van der Waals surface area contributed by atoms with Crippen LogP contribution in [0.3, 0.4) is 0 Å². The maximum absolute atomic E-state index is 12.2. The second-order valence-corrected chi connectivity index (χ2v) is 8.32. The van der Waals surface area contributed by atoms with E-state index >= 15 is 0 Å². The molecule has 0 unspecified atom stereocenters. The van der Waals surface area contributed by atoms with Gasteiger partial charge in [-0.05, 0) is 54.4 Å². The van der Waals surface area contributed by atoms with Crippen LogP contribution in [0.4, 0.5) is 5.69 Å². The lowest BCUT2D eigenvalue weighted by Gasteiger charge is -2.07. The topological polar surface area (TPSA) is 70.6 Å². The van der Waals surface area contributed by atoms with E-state index in [9.17, 15) is 9.59 Å². The molecule has 1 heterocycles. The van der Waals surface area contributed by atoms with E-state index in [1.165, 1.54) is 11.3 Å². The normalized spacial score (nSPS) is 11.2. The molecule has 0 saturated heterocycles. The van der Waals surface area contributed by atoms with Gasteiger partial charge in [0.25, 0.3) is 5.91 Å². The summed E-state index contributed by atoms with van der Waals surface area (Å²) in [5.41, 5.74) is 5.54. The molecule has 1 aromatic heterocycles. The number of nitrogens with zero attached hydrogens (tertiary/aromatic N) is 1. The number of benzene rings is 2. The molecule has 0 radical (unpaired) electrons. The first-order chi connectivity index (χ1) is 13.9. The summed E-state index contributed by atoms with van der Waals surface area (Å²) in [4.78, 5) is 24.7. The molecule has 2 aromatic carbocycles. The Morgan fingerprint density at radius 3 is 2.28 bits per heavy atom. The number of hydrazone groups is 1. The molecule has 0 aliphatic carbocycles. The third-order valence-corrected chi connectivity index (χ3v) is 5.47. The zero-order valence-electron chi connectivity index (χ0n) is 15.4. The van der Waals surface area contributed by atoms with Crippen molar-refractivity contribution >= 4 is 57.8 Å². The number of hydrogen-bond donors (Lipinski definition) is 2. The van der Waals surface area contributed by atoms with Gasteiger partial charge in [-0.3, -0.25) is 9.59 Å². The summed E-state index contributed by atoms with van der Waals surface area (Å²) in [6.45, 7) is 1.79. The number of carbonyl (C=O) groups excluding carboxylic acids is 2. The van der Waals surface area contributed by atoms with E-state index in [4.69, 9.17) is 23.2 Å². The Bertz CT molecular complexity index is 1040. The van der Waals surface area contributed by atoms with E-state index < -0.39 is 0 Å². The van der Waals surface area contributed by atoms with Gasteiger partial charge in [-0.15, -0.1) is 11.3 Å². The number of rotatable bonds is 6. The highest BCUT2D eigenvalue weighted by Gasteiger charge is 2.08. The van der Waals surface area contributed by atoms with Crippen molar-refractivity contribution in [3.8, 4) is 0 Å². The zero-order chi connectivity index (χ0) is 20.8. The van der Waals surface area contributed by atoms with E-state index in [0.29, 0.717) is 25.6 Å². The number of thiophene rings is 1. The van der Waals surface area contributed by atoms with Crippen LogP contribution < -0.4 is 10.7 Å². The fraction of sp³-hybridized carbons (Fsp3) is 0.0952. The minimum Gasteiger partial charge on any atom is -0.326 e. The van der Waals surface area contributed by atoms with Crippen LogP contribution in [0.5, 0.6) is 0 Å². The second kappa shape index (κ2) is 9.69. The fourth-order valence-corrected chi connectivity index (χ4v) is 3.54. The molecular formula is C21H17Cl2N3O2S. The predicted octanol–water partition coefficient (Wildman–Crippen LogP) is 5.39. The van der Waals surface area contributed by atoms with Crippen LogP contribution in [-0.2, 0) is 11.2 Å². The molecule has 5 nitrogen and oxygen atoms in total. The van der Waals surface area contributed by atoms with Gasteiger partial charge in [0.2, 0.25) is 5.91 Å². The lowest BCUT2D eigenvalue weighted by molar-refractivity contribution is -0.115. The van der Waals surface area contributed by atoms with Gasteiger partial charge < -0.3 is 5.32 Å². The molecule has 8 heteroatoms. The molecule has 0 atom stereocenters. The number of nitrogens with one attached hydrogen (secondary N) is 2. The Kier molecular flexibility index (Phi) is 7.04. The number of halogens is 2. The Morgan fingerprint density at radius 2 is 1.66 bits per heavy atom. The number of anilines is 1. The van der Waals surface area contributed by atoms with Crippen LogP contribution in [0.15, 0.2) is 65.8 Å². The third-order valence-electron chi connectivity index (χ3n) is 3.99. The molecule has 29 heavy (non-hydrogen) atoms. The molecule has 0 spiro atoms. The molecule has 3 rings (SSSR count). The highest BCUT2D eigenvalue weighted by molar-refractivity contribution is 7.18. The van der Waals surface area contributed by atoms with Crippen molar-refractivity contribution in [2.24, 2.45) is 5.10 Å². The maximum atomic E-state index is 12.2. The summed E-state index contributed by atoms with van der Waals surface area (Å²) in [5, 5.41) is 7.60. The van der Waals surface area contributed by atoms with Crippen molar-refractivity contribution in [3.63, 3.8) is 0 Å². The Morgan fingerprint density at radius 1 is 0.966 bits per heavy atom. The second-order valence-electron chi connectivity index (χ2n) is 6.17. The third kappa shape index (κ3) is 6.15. The van der Waals surface area contributed by atoms with Crippen molar-refractivity contribution in [1.29, 1.82) is 0 Å². The van der Waals surface area contributed by atoms with E-state index in [0.717, 1.165) is 11.1 Å². The van der Waals surface area contributed by atoms with E-state index in [1.54, 1.807) is 43.3 Å². The van der Waals surface area contributed by atoms with E-state index in [2.05, 4.69) is 15.8 Å². The largest absolute Gasteiger partial charge is 0.326 e. The first-order valence-electron chi connectivity index (χ1n) is 8.65. The maximum Gasteiger partial charge on any atom is 0.281 e. The van der Waals surface area contributed by atoms with E-state index in [1.807, 2.05) is 24.3 Å². The Balaban J connectivity index is 1.56. The monoisotopic (exact) mass is 445 g/mol. The smallest absolute Gasteiger partial charge is 0.281 e. The minimum atomic E-state index is -0.313. The average Bonchev–Trinajstić information content (AvgIpc) is 3.14. The molecule has 2 N–H and O–H groups in total. The molecule has 2 amide bonds. The minimum absolute atomic E-state index is 0.118. The van der Waals surface area contributed by atoms with Crippen LogP contribution >= 0.6 is 34.5 Å². The summed E-state index contributed by atoms with van der Waals surface area (Å²) >= 11 is 12.9. The van der Waals surface area contributed by atoms with Gasteiger partial charge in [-0.1, -0.05) is 47.5 Å². The van der Waals surface area contributed by atoms with Crippen molar-refractivity contribution in [2.45, 2.75) is 13.3 Å². The molecule has 0 aliphatic heterocycles. The number of hydrogen-bond acceptors (Lipinski definition) is 4. The summed E-state index contributed by atoms with van der Waals surface area (Å²) in [6, 6.07) is 17.7. The molecule has 0 saturated carbocycles. The summed E-state index contributed by atoms with van der Waals surface area (Å²) < 4.78 is 0.546. The van der Waals surface area contributed by atoms with Gasteiger partial charge in [0, 0.05) is 10.7 Å². The van der Waals surface area contributed by atoms with Crippen molar-refractivity contribution < 1.29 is 9.59 Å². The standard InChI is InChI=1S/C21H17Cl2N3O2S/c1-13(25-26-21(28)18-10-11-19(23)29-18)15-4-8-17(9-5-15)24-20(27)12-14-2-6-16(22)7-3-14/h2-11H,12H2,1H3,(H,24,27)(H,26,28). The van der Waals surface area contributed by atoms with Crippen molar-refractivity contribution in [3.05, 3.63) is 86.0 Å². The quantitative estimate of drug-likeness (QED) is 0.394. The Hall–Kier alpha value is -2.67.